The van der Waals surface area contributed by atoms with Gasteiger partial charge in [0.15, 0.2) is 0 Å². The molecule has 0 spiro atoms. The van der Waals surface area contributed by atoms with Gasteiger partial charge in [-0.2, -0.15) is 0 Å². The van der Waals surface area contributed by atoms with Gasteiger partial charge < -0.3 is 14.8 Å². The van der Waals surface area contributed by atoms with Gasteiger partial charge in [-0.1, -0.05) is 35.9 Å². The Kier molecular flexibility index (Phi) is 5.88. The fourth-order valence-electron chi connectivity index (χ4n) is 3.58. The summed E-state index contributed by atoms with van der Waals surface area (Å²) in [6.07, 6.45) is 0. The predicted octanol–water partition coefficient (Wildman–Crippen LogP) is 5.06. The Morgan fingerprint density at radius 3 is 2.28 bits per heavy atom. The summed E-state index contributed by atoms with van der Waals surface area (Å²) in [5, 5.41) is 3.66. The van der Waals surface area contributed by atoms with E-state index in [1.54, 1.807) is 61.7 Å². The van der Waals surface area contributed by atoms with Crippen LogP contribution in [0.2, 0.25) is 5.02 Å². The molecule has 0 radical (unpaired) electrons. The molecule has 2 amide bonds. The van der Waals surface area contributed by atoms with Crippen LogP contribution >= 0.6 is 11.6 Å². The SMILES string of the molecule is COc1ccc(OC)c(NC2=C(c3ccc(Cl)cc3)C(=O)N(c3cccc(C)c3)C2=O)c1. The highest BCUT2D eigenvalue weighted by atomic mass is 35.5. The van der Waals surface area contributed by atoms with Gasteiger partial charge in [-0.05, 0) is 54.4 Å². The minimum atomic E-state index is -0.463. The molecule has 1 aliphatic rings. The van der Waals surface area contributed by atoms with Crippen molar-refractivity contribution < 1.29 is 19.1 Å². The minimum Gasteiger partial charge on any atom is -0.497 e. The smallest absolute Gasteiger partial charge is 0.282 e. The molecule has 1 aliphatic heterocycles. The van der Waals surface area contributed by atoms with Crippen molar-refractivity contribution in [2.75, 3.05) is 24.4 Å². The van der Waals surface area contributed by atoms with Gasteiger partial charge in [-0.3, -0.25) is 9.59 Å². The monoisotopic (exact) mass is 448 g/mol. The van der Waals surface area contributed by atoms with Gasteiger partial charge >= 0.3 is 0 Å². The number of carbonyl (C=O) groups is 2. The first-order valence-corrected chi connectivity index (χ1v) is 10.3. The highest BCUT2D eigenvalue weighted by Crippen LogP contribution is 2.37. The third-order valence-electron chi connectivity index (χ3n) is 5.14. The molecule has 0 bridgehead atoms. The van der Waals surface area contributed by atoms with Gasteiger partial charge in [-0.25, -0.2) is 4.90 Å². The number of carbonyl (C=O) groups excluding carboxylic acids is 2. The number of nitrogens with one attached hydrogen (secondary N) is 1. The van der Waals surface area contributed by atoms with Crippen LogP contribution in [-0.4, -0.2) is 26.0 Å². The second kappa shape index (κ2) is 8.77. The predicted molar refractivity (Wildman–Crippen MR) is 125 cm³/mol. The third kappa shape index (κ3) is 3.92. The normalized spacial score (nSPS) is 13.6. The summed E-state index contributed by atoms with van der Waals surface area (Å²) >= 11 is 6.04. The Balaban J connectivity index is 1.86. The van der Waals surface area contributed by atoms with Crippen molar-refractivity contribution >= 4 is 40.4 Å². The van der Waals surface area contributed by atoms with Crippen molar-refractivity contribution in [3.05, 3.63) is 88.6 Å². The first-order valence-electron chi connectivity index (χ1n) is 9.87. The molecule has 6 nitrogen and oxygen atoms in total. The largest absolute Gasteiger partial charge is 0.497 e. The van der Waals surface area contributed by atoms with E-state index >= 15 is 0 Å². The van der Waals surface area contributed by atoms with Crippen LogP contribution in [0.1, 0.15) is 11.1 Å². The number of rotatable bonds is 6. The van der Waals surface area contributed by atoms with Gasteiger partial charge in [0.05, 0.1) is 31.2 Å². The standard InChI is InChI=1S/C25H21ClN2O4/c1-15-5-4-6-18(13-15)28-24(29)22(16-7-9-17(26)10-8-16)23(25(28)30)27-20-14-19(31-2)11-12-21(20)32-3/h4-14,27H,1-3H3. The summed E-state index contributed by atoms with van der Waals surface area (Å²) in [6, 6.07) is 19.2. The van der Waals surface area contributed by atoms with E-state index in [2.05, 4.69) is 5.32 Å². The quantitative estimate of drug-likeness (QED) is 0.534. The lowest BCUT2D eigenvalue weighted by Gasteiger charge is -2.16. The maximum atomic E-state index is 13.5. The average Bonchev–Trinajstić information content (AvgIpc) is 3.03. The molecule has 7 heteroatoms. The minimum absolute atomic E-state index is 0.144. The maximum absolute atomic E-state index is 13.5. The number of benzene rings is 3. The molecule has 1 heterocycles. The highest BCUT2D eigenvalue weighted by Gasteiger charge is 2.40. The van der Waals surface area contributed by atoms with Gasteiger partial charge in [0.1, 0.15) is 17.2 Å². The number of hydrogen-bond acceptors (Lipinski definition) is 5. The molecule has 0 fully saturated rings. The molecule has 1 N–H and O–H groups in total. The van der Waals surface area contributed by atoms with Crippen LogP contribution in [0.15, 0.2) is 72.4 Å². The Hall–Kier alpha value is -3.77. The van der Waals surface area contributed by atoms with Crippen molar-refractivity contribution in [1.29, 1.82) is 0 Å². The highest BCUT2D eigenvalue weighted by molar-refractivity contribution is 6.46. The van der Waals surface area contributed by atoms with Crippen molar-refractivity contribution in [3.8, 4) is 11.5 Å². The summed E-state index contributed by atoms with van der Waals surface area (Å²) in [4.78, 5) is 28.2. The second-order valence-electron chi connectivity index (χ2n) is 7.23. The number of halogens is 1. The molecular weight excluding hydrogens is 428 g/mol. The molecule has 3 aromatic carbocycles. The number of nitrogens with zero attached hydrogens (tertiary/aromatic N) is 1. The summed E-state index contributed by atoms with van der Waals surface area (Å²) in [7, 11) is 3.08. The van der Waals surface area contributed by atoms with Crippen LogP contribution < -0.4 is 19.7 Å². The lowest BCUT2D eigenvalue weighted by molar-refractivity contribution is -0.120. The summed E-state index contributed by atoms with van der Waals surface area (Å²) in [5.74, 6) is 0.194. The number of imide groups is 1. The first-order chi connectivity index (χ1) is 15.4. The Morgan fingerprint density at radius 2 is 1.62 bits per heavy atom. The van der Waals surface area contributed by atoms with E-state index < -0.39 is 11.8 Å². The molecule has 0 saturated carbocycles. The van der Waals surface area contributed by atoms with E-state index in [1.165, 1.54) is 12.0 Å². The van der Waals surface area contributed by atoms with Crippen molar-refractivity contribution in [2.24, 2.45) is 0 Å². The molecule has 4 rings (SSSR count). The Bertz CT molecular complexity index is 1230. The lowest BCUT2D eigenvalue weighted by Crippen LogP contribution is -2.32. The van der Waals surface area contributed by atoms with Crippen LogP contribution in [0.3, 0.4) is 0 Å². The number of hydrogen-bond donors (Lipinski definition) is 1. The zero-order chi connectivity index (χ0) is 22.8. The number of anilines is 2. The topological polar surface area (TPSA) is 67.9 Å². The Labute approximate surface area is 191 Å². The van der Waals surface area contributed by atoms with E-state index in [-0.39, 0.29) is 11.3 Å². The van der Waals surface area contributed by atoms with Gasteiger partial charge in [0.25, 0.3) is 11.8 Å². The number of methoxy groups -OCH3 is 2. The van der Waals surface area contributed by atoms with Crippen LogP contribution in [0.25, 0.3) is 5.57 Å². The molecule has 0 saturated heterocycles. The van der Waals surface area contributed by atoms with Crippen LogP contribution in [0, 0.1) is 6.92 Å². The molecular formula is C25H21ClN2O4. The fourth-order valence-corrected chi connectivity index (χ4v) is 3.70. The van der Waals surface area contributed by atoms with Crippen LogP contribution in [0.4, 0.5) is 11.4 Å². The van der Waals surface area contributed by atoms with Crippen molar-refractivity contribution in [1.82, 2.24) is 0 Å². The zero-order valence-electron chi connectivity index (χ0n) is 17.8. The first kappa shape index (κ1) is 21.5. The van der Waals surface area contributed by atoms with E-state index in [9.17, 15) is 9.59 Å². The Morgan fingerprint density at radius 1 is 0.875 bits per heavy atom. The van der Waals surface area contributed by atoms with Crippen LogP contribution in [0.5, 0.6) is 11.5 Å². The summed E-state index contributed by atoms with van der Waals surface area (Å²) < 4.78 is 10.7. The molecule has 162 valence electrons. The van der Waals surface area contributed by atoms with Crippen molar-refractivity contribution in [2.45, 2.75) is 6.92 Å². The van der Waals surface area contributed by atoms with Gasteiger partial charge in [0, 0.05) is 11.1 Å². The molecule has 3 aromatic rings. The maximum Gasteiger partial charge on any atom is 0.282 e. The number of amides is 2. The number of aryl methyl sites for hydroxylation is 1. The van der Waals surface area contributed by atoms with Gasteiger partial charge in [-0.15, -0.1) is 0 Å². The summed E-state index contributed by atoms with van der Waals surface area (Å²) in [5.41, 5.74) is 2.91. The average molecular weight is 449 g/mol. The third-order valence-corrected chi connectivity index (χ3v) is 5.39. The zero-order valence-corrected chi connectivity index (χ0v) is 18.6. The van der Waals surface area contributed by atoms with Crippen molar-refractivity contribution in [3.63, 3.8) is 0 Å². The van der Waals surface area contributed by atoms with Gasteiger partial charge in [0.2, 0.25) is 0 Å². The van der Waals surface area contributed by atoms with Crippen LogP contribution in [-0.2, 0) is 9.59 Å². The number of ether oxygens (including phenoxy) is 2. The summed E-state index contributed by atoms with van der Waals surface area (Å²) in [6.45, 7) is 1.91. The molecule has 0 unspecified atom stereocenters. The van der Waals surface area contributed by atoms with E-state index in [4.69, 9.17) is 21.1 Å². The van der Waals surface area contributed by atoms with E-state index in [1.807, 2.05) is 19.1 Å². The fraction of sp³-hybridized carbons (Fsp3) is 0.120. The molecule has 0 aliphatic carbocycles. The van der Waals surface area contributed by atoms with E-state index in [0.717, 1.165) is 5.56 Å². The second-order valence-corrected chi connectivity index (χ2v) is 7.67. The van der Waals surface area contributed by atoms with E-state index in [0.29, 0.717) is 33.5 Å². The molecule has 0 aromatic heterocycles. The molecule has 0 atom stereocenters. The lowest BCUT2D eigenvalue weighted by atomic mass is 10.0. The molecule has 32 heavy (non-hydrogen) atoms.